The van der Waals surface area contributed by atoms with Gasteiger partial charge in [-0.3, -0.25) is 0 Å². The van der Waals surface area contributed by atoms with Crippen molar-refractivity contribution in [1.29, 1.82) is 0 Å². The van der Waals surface area contributed by atoms with E-state index in [1.54, 1.807) is 12.3 Å². The molecular formula is C15H15ClF3NO. The topological polar surface area (TPSA) is 25.2 Å². The molecule has 2 nitrogen and oxygen atoms in total. The number of hydrogen-bond donors (Lipinski definition) is 1. The van der Waals surface area contributed by atoms with Crippen LogP contribution in [0.3, 0.4) is 0 Å². The summed E-state index contributed by atoms with van der Waals surface area (Å²) in [5.41, 5.74) is -0.425. The van der Waals surface area contributed by atoms with Gasteiger partial charge in [-0.2, -0.15) is 13.2 Å². The van der Waals surface area contributed by atoms with Crippen molar-refractivity contribution >= 4 is 17.3 Å². The van der Waals surface area contributed by atoms with Gasteiger partial charge in [-0.25, -0.2) is 0 Å². The lowest BCUT2D eigenvalue weighted by Gasteiger charge is -2.17. The number of nitrogens with one attached hydrogen (secondary N) is 1. The summed E-state index contributed by atoms with van der Waals surface area (Å²) in [6.07, 6.45) is -1.38. The van der Waals surface area contributed by atoms with E-state index in [0.29, 0.717) is 5.69 Å². The predicted molar refractivity (Wildman–Crippen MR) is 76.6 cm³/mol. The smallest absolute Gasteiger partial charge is 0.417 e. The van der Waals surface area contributed by atoms with Crippen LogP contribution in [0.2, 0.25) is 5.02 Å². The standard InChI is InChI=1S/C15H15ClF3NO/c1-10(4-6-12-3-2-8-21-12)20-11-5-7-14(16)13(9-11)15(17,18)19/h2-3,5,7-10,20H,4,6H2,1H3. The highest BCUT2D eigenvalue weighted by Crippen LogP contribution is 2.36. The van der Waals surface area contributed by atoms with Crippen molar-refractivity contribution in [2.45, 2.75) is 32.0 Å². The zero-order valence-electron chi connectivity index (χ0n) is 11.4. The van der Waals surface area contributed by atoms with E-state index < -0.39 is 11.7 Å². The minimum Gasteiger partial charge on any atom is -0.469 e. The van der Waals surface area contributed by atoms with E-state index in [9.17, 15) is 13.2 Å². The van der Waals surface area contributed by atoms with Gasteiger partial charge in [0.2, 0.25) is 0 Å². The van der Waals surface area contributed by atoms with Crippen LogP contribution in [0.25, 0.3) is 0 Å². The molecule has 0 bridgehead atoms. The van der Waals surface area contributed by atoms with Crippen molar-refractivity contribution in [1.82, 2.24) is 0 Å². The number of benzene rings is 1. The normalized spacial score (nSPS) is 13.2. The Hall–Kier alpha value is -1.62. The summed E-state index contributed by atoms with van der Waals surface area (Å²) in [6, 6.07) is 7.52. The molecule has 6 heteroatoms. The fraction of sp³-hybridized carbons (Fsp3) is 0.333. The van der Waals surface area contributed by atoms with Crippen LogP contribution in [0, 0.1) is 0 Å². The van der Waals surface area contributed by atoms with Gasteiger partial charge in [-0.15, -0.1) is 0 Å². The second kappa shape index (κ2) is 6.43. The first-order valence-corrected chi connectivity index (χ1v) is 6.89. The Bertz CT molecular complexity index is 581. The Morgan fingerprint density at radius 3 is 2.67 bits per heavy atom. The monoisotopic (exact) mass is 317 g/mol. The second-order valence-corrected chi connectivity index (χ2v) is 5.26. The van der Waals surface area contributed by atoms with E-state index in [-0.39, 0.29) is 11.1 Å². The summed E-state index contributed by atoms with van der Waals surface area (Å²) < 4.78 is 43.5. The first-order valence-electron chi connectivity index (χ1n) is 6.52. The minimum atomic E-state index is -4.45. The van der Waals surface area contributed by atoms with Crippen LogP contribution in [-0.2, 0) is 12.6 Å². The molecular weight excluding hydrogens is 303 g/mol. The fourth-order valence-electron chi connectivity index (χ4n) is 2.00. The molecule has 2 rings (SSSR count). The lowest BCUT2D eigenvalue weighted by atomic mass is 10.1. The molecule has 0 aliphatic carbocycles. The number of furan rings is 1. The van der Waals surface area contributed by atoms with Gasteiger partial charge in [-0.1, -0.05) is 11.6 Å². The third-order valence-corrected chi connectivity index (χ3v) is 3.42. The molecule has 0 aliphatic rings. The molecule has 1 heterocycles. The molecule has 114 valence electrons. The van der Waals surface area contributed by atoms with Gasteiger partial charge in [0.1, 0.15) is 5.76 Å². The molecule has 0 amide bonds. The van der Waals surface area contributed by atoms with Gasteiger partial charge in [0.05, 0.1) is 16.8 Å². The molecule has 0 fully saturated rings. The molecule has 0 saturated heterocycles. The van der Waals surface area contributed by atoms with Crippen molar-refractivity contribution in [3.8, 4) is 0 Å². The van der Waals surface area contributed by atoms with E-state index in [4.69, 9.17) is 16.0 Å². The van der Waals surface area contributed by atoms with Gasteiger partial charge in [0.25, 0.3) is 0 Å². The molecule has 0 radical (unpaired) electrons. The van der Waals surface area contributed by atoms with Crippen molar-refractivity contribution in [3.05, 3.63) is 52.9 Å². The maximum atomic E-state index is 12.8. The van der Waals surface area contributed by atoms with Crippen molar-refractivity contribution < 1.29 is 17.6 Å². The summed E-state index contributed by atoms with van der Waals surface area (Å²) >= 11 is 5.59. The number of aryl methyl sites for hydroxylation is 1. The molecule has 0 aliphatic heterocycles. The van der Waals surface area contributed by atoms with Gasteiger partial charge in [-0.05, 0) is 43.7 Å². The highest BCUT2D eigenvalue weighted by molar-refractivity contribution is 6.31. The Morgan fingerprint density at radius 1 is 1.29 bits per heavy atom. The van der Waals surface area contributed by atoms with E-state index in [2.05, 4.69) is 5.32 Å². The summed E-state index contributed by atoms with van der Waals surface area (Å²) in [5.74, 6) is 0.857. The molecule has 1 unspecified atom stereocenters. The number of halogens is 4. The Labute approximate surface area is 125 Å². The molecule has 21 heavy (non-hydrogen) atoms. The Morgan fingerprint density at radius 2 is 2.05 bits per heavy atom. The number of rotatable bonds is 5. The fourth-order valence-corrected chi connectivity index (χ4v) is 2.23. The SMILES string of the molecule is CC(CCc1ccco1)Nc1ccc(Cl)c(C(F)(F)F)c1. The van der Waals surface area contributed by atoms with Crippen LogP contribution in [0.15, 0.2) is 41.0 Å². The summed E-state index contributed by atoms with van der Waals surface area (Å²) in [7, 11) is 0. The largest absolute Gasteiger partial charge is 0.469 e. The van der Waals surface area contributed by atoms with Crippen LogP contribution >= 0.6 is 11.6 Å². The van der Waals surface area contributed by atoms with Crippen LogP contribution in [0.1, 0.15) is 24.7 Å². The molecule has 0 spiro atoms. The van der Waals surface area contributed by atoms with Crippen molar-refractivity contribution in [2.24, 2.45) is 0 Å². The average Bonchev–Trinajstić information content (AvgIpc) is 2.90. The minimum absolute atomic E-state index is 0.0114. The van der Waals surface area contributed by atoms with Gasteiger partial charge in [0, 0.05) is 18.2 Å². The highest BCUT2D eigenvalue weighted by atomic mass is 35.5. The maximum Gasteiger partial charge on any atom is 0.417 e. The maximum absolute atomic E-state index is 12.8. The van der Waals surface area contributed by atoms with Crippen molar-refractivity contribution in [2.75, 3.05) is 5.32 Å². The van der Waals surface area contributed by atoms with Crippen LogP contribution < -0.4 is 5.32 Å². The van der Waals surface area contributed by atoms with E-state index >= 15 is 0 Å². The molecule has 1 N–H and O–H groups in total. The van der Waals surface area contributed by atoms with Gasteiger partial charge in [0.15, 0.2) is 0 Å². The number of alkyl halides is 3. The molecule has 2 aromatic rings. The molecule has 1 atom stereocenters. The third-order valence-electron chi connectivity index (χ3n) is 3.09. The zero-order valence-corrected chi connectivity index (χ0v) is 12.1. The highest BCUT2D eigenvalue weighted by Gasteiger charge is 2.33. The lowest BCUT2D eigenvalue weighted by Crippen LogP contribution is -2.16. The lowest BCUT2D eigenvalue weighted by molar-refractivity contribution is -0.137. The summed E-state index contributed by atoms with van der Waals surface area (Å²) in [6.45, 7) is 1.91. The summed E-state index contributed by atoms with van der Waals surface area (Å²) in [4.78, 5) is 0. The number of hydrogen-bond acceptors (Lipinski definition) is 2. The number of anilines is 1. The predicted octanol–water partition coefficient (Wildman–Crippen LogP) is 5.39. The Balaban J connectivity index is 1.99. The van der Waals surface area contributed by atoms with E-state index in [0.717, 1.165) is 24.7 Å². The van der Waals surface area contributed by atoms with Crippen LogP contribution in [0.4, 0.5) is 18.9 Å². The first kappa shape index (κ1) is 15.8. The van der Waals surface area contributed by atoms with Gasteiger partial charge < -0.3 is 9.73 Å². The second-order valence-electron chi connectivity index (χ2n) is 4.86. The van der Waals surface area contributed by atoms with Crippen LogP contribution in [0.5, 0.6) is 0 Å². The van der Waals surface area contributed by atoms with Crippen molar-refractivity contribution in [3.63, 3.8) is 0 Å². The average molecular weight is 318 g/mol. The summed E-state index contributed by atoms with van der Waals surface area (Å²) in [5, 5.41) is 2.75. The molecule has 1 aromatic heterocycles. The Kier molecular flexibility index (Phi) is 4.83. The molecule has 1 aromatic carbocycles. The van der Waals surface area contributed by atoms with E-state index in [1.165, 1.54) is 6.07 Å². The van der Waals surface area contributed by atoms with Crippen LogP contribution in [-0.4, -0.2) is 6.04 Å². The first-order chi connectivity index (χ1) is 9.86. The van der Waals surface area contributed by atoms with Gasteiger partial charge >= 0.3 is 6.18 Å². The quantitative estimate of drug-likeness (QED) is 0.800. The zero-order chi connectivity index (χ0) is 15.5. The third kappa shape index (κ3) is 4.43. The molecule has 0 saturated carbocycles. The van der Waals surface area contributed by atoms with E-state index in [1.807, 2.05) is 19.1 Å².